The second-order valence-corrected chi connectivity index (χ2v) is 8.92. The van der Waals surface area contributed by atoms with Crippen molar-refractivity contribution in [2.45, 2.75) is 45.5 Å². The zero-order chi connectivity index (χ0) is 23.3. The Morgan fingerprint density at radius 3 is 2.72 bits per heavy atom. The van der Waals surface area contributed by atoms with E-state index in [4.69, 9.17) is 14.2 Å². The van der Waals surface area contributed by atoms with Gasteiger partial charge in [0.25, 0.3) is 0 Å². The van der Waals surface area contributed by atoms with Crippen LogP contribution in [0.25, 0.3) is 11.1 Å². The maximum Gasteiger partial charge on any atom is 0.410 e. The molecule has 6 nitrogen and oxygen atoms in total. The van der Waals surface area contributed by atoms with E-state index in [0.717, 1.165) is 11.1 Å². The number of benzene rings is 2. The Kier molecular flexibility index (Phi) is 7.87. The molecule has 1 saturated heterocycles. The molecule has 0 aromatic heterocycles. The number of hydrogen-bond donors (Lipinski definition) is 1. The Morgan fingerprint density at radius 1 is 1.28 bits per heavy atom. The molecular weight excluding hydrogens is 413 g/mol. The van der Waals surface area contributed by atoms with E-state index in [0.29, 0.717) is 24.3 Å². The molecule has 1 fully saturated rings. The van der Waals surface area contributed by atoms with Gasteiger partial charge in [-0.2, -0.15) is 0 Å². The molecule has 0 aliphatic carbocycles. The number of aliphatic hydroxyl groups is 1. The average Bonchev–Trinajstić information content (AvgIpc) is 2.73. The van der Waals surface area contributed by atoms with Crippen molar-refractivity contribution in [2.75, 3.05) is 32.9 Å². The molecule has 2 aromatic rings. The highest BCUT2D eigenvalue weighted by Gasteiger charge is 2.35. The molecule has 1 unspecified atom stereocenters. The number of carbonyl (C=O) groups is 1. The molecule has 174 valence electrons. The fraction of sp³-hybridized carbons (Fsp3) is 0.480. The van der Waals surface area contributed by atoms with Gasteiger partial charge in [0, 0.05) is 12.1 Å². The van der Waals surface area contributed by atoms with Gasteiger partial charge in [-0.25, -0.2) is 9.18 Å². The molecule has 3 rings (SSSR count). The normalized spacial score (nSPS) is 17.8. The molecule has 1 amide bonds. The van der Waals surface area contributed by atoms with Crippen LogP contribution in [0.15, 0.2) is 42.5 Å². The van der Waals surface area contributed by atoms with Gasteiger partial charge in [0.15, 0.2) is 0 Å². The number of morpholine rings is 1. The van der Waals surface area contributed by atoms with Crippen LogP contribution in [-0.2, 0) is 14.2 Å². The lowest BCUT2D eigenvalue weighted by atomic mass is 9.92. The summed E-state index contributed by atoms with van der Waals surface area (Å²) in [6.45, 7) is 8.20. The van der Waals surface area contributed by atoms with Gasteiger partial charge in [0.2, 0.25) is 0 Å². The molecule has 1 aliphatic rings. The van der Waals surface area contributed by atoms with Crippen LogP contribution in [0.4, 0.5) is 9.18 Å². The van der Waals surface area contributed by atoms with Gasteiger partial charge in [-0.1, -0.05) is 42.0 Å². The van der Waals surface area contributed by atoms with Crippen LogP contribution in [0.1, 0.15) is 38.0 Å². The van der Waals surface area contributed by atoms with Crippen LogP contribution < -0.4 is 0 Å². The van der Waals surface area contributed by atoms with Crippen molar-refractivity contribution in [3.63, 3.8) is 0 Å². The lowest BCUT2D eigenvalue weighted by molar-refractivity contribution is -0.116. The molecule has 0 radical (unpaired) electrons. The van der Waals surface area contributed by atoms with E-state index in [9.17, 15) is 9.90 Å². The Balaban J connectivity index is 1.95. The van der Waals surface area contributed by atoms with Crippen LogP contribution in [0.2, 0.25) is 0 Å². The van der Waals surface area contributed by atoms with Crippen molar-refractivity contribution < 1.29 is 28.5 Å². The highest BCUT2D eigenvalue weighted by molar-refractivity contribution is 5.70. The number of ether oxygens (including phenoxy) is 3. The van der Waals surface area contributed by atoms with Gasteiger partial charge < -0.3 is 24.2 Å². The first-order valence-corrected chi connectivity index (χ1v) is 10.9. The first-order chi connectivity index (χ1) is 15.2. The van der Waals surface area contributed by atoms with Crippen molar-refractivity contribution in [1.29, 1.82) is 0 Å². The average molecular weight is 446 g/mol. The zero-order valence-corrected chi connectivity index (χ0v) is 19.1. The van der Waals surface area contributed by atoms with Gasteiger partial charge in [-0.3, -0.25) is 0 Å². The Labute approximate surface area is 188 Å². The fourth-order valence-electron chi connectivity index (χ4n) is 3.81. The molecule has 0 saturated carbocycles. The van der Waals surface area contributed by atoms with E-state index in [1.54, 1.807) is 17.0 Å². The van der Waals surface area contributed by atoms with Gasteiger partial charge in [0.1, 0.15) is 23.6 Å². The monoisotopic (exact) mass is 445 g/mol. The van der Waals surface area contributed by atoms with E-state index in [1.165, 1.54) is 6.07 Å². The lowest BCUT2D eigenvalue weighted by Crippen LogP contribution is -2.49. The summed E-state index contributed by atoms with van der Waals surface area (Å²) in [4.78, 5) is 14.2. The van der Waals surface area contributed by atoms with E-state index in [1.807, 2.05) is 52.0 Å². The third kappa shape index (κ3) is 6.06. The predicted octanol–water partition coefficient (Wildman–Crippen LogP) is 4.49. The molecule has 2 atom stereocenters. The van der Waals surface area contributed by atoms with Crippen LogP contribution in [-0.4, -0.2) is 60.7 Å². The minimum absolute atomic E-state index is 0.0563. The van der Waals surface area contributed by atoms with E-state index in [2.05, 4.69) is 0 Å². The van der Waals surface area contributed by atoms with Crippen molar-refractivity contribution >= 4 is 6.09 Å². The van der Waals surface area contributed by atoms with Gasteiger partial charge in [-0.15, -0.1) is 0 Å². The molecule has 0 spiro atoms. The van der Waals surface area contributed by atoms with Crippen molar-refractivity contribution in [2.24, 2.45) is 0 Å². The molecule has 7 heteroatoms. The number of rotatable bonds is 6. The first kappa shape index (κ1) is 24.2. The first-order valence-electron chi connectivity index (χ1n) is 10.9. The van der Waals surface area contributed by atoms with Crippen molar-refractivity contribution in [3.05, 3.63) is 59.4 Å². The number of hydrogen-bond acceptors (Lipinski definition) is 5. The third-order valence-electron chi connectivity index (χ3n) is 5.13. The number of nitrogens with zero attached hydrogens (tertiary/aromatic N) is 1. The summed E-state index contributed by atoms with van der Waals surface area (Å²) in [5, 5.41) is 9.38. The minimum Gasteiger partial charge on any atom is -0.444 e. The van der Waals surface area contributed by atoms with Crippen molar-refractivity contribution in [3.8, 4) is 11.1 Å². The lowest BCUT2D eigenvalue weighted by Gasteiger charge is -2.38. The fourth-order valence-corrected chi connectivity index (χ4v) is 3.81. The van der Waals surface area contributed by atoms with E-state index >= 15 is 4.39 Å². The molecular formula is C25H32FNO5. The summed E-state index contributed by atoms with van der Waals surface area (Å²) in [7, 11) is 0. The van der Waals surface area contributed by atoms with E-state index < -0.39 is 23.9 Å². The summed E-state index contributed by atoms with van der Waals surface area (Å²) in [5.74, 6) is -0.370. The van der Waals surface area contributed by atoms with Gasteiger partial charge >= 0.3 is 6.09 Å². The number of carbonyl (C=O) groups excluding carboxylic acids is 1. The maximum atomic E-state index is 15.1. The second-order valence-electron chi connectivity index (χ2n) is 8.92. The standard InChI is InChI=1S/C25H32FNO5/c1-17-7-5-8-18(15-17)22-19(9-6-10-20(22)26)23(31-14-12-28)21-16-27(11-13-30-21)24(29)32-25(2,3)4/h5-10,15,21,23,28H,11-14,16H2,1-4H3/t21?,23-/m0/s1. The summed E-state index contributed by atoms with van der Waals surface area (Å²) in [6.07, 6.45) is -1.66. The number of halogens is 1. The summed E-state index contributed by atoms with van der Waals surface area (Å²) < 4.78 is 32.5. The topological polar surface area (TPSA) is 68.2 Å². The van der Waals surface area contributed by atoms with Gasteiger partial charge in [0.05, 0.1) is 26.4 Å². The largest absolute Gasteiger partial charge is 0.444 e. The smallest absolute Gasteiger partial charge is 0.410 e. The second kappa shape index (κ2) is 10.4. The SMILES string of the molecule is Cc1cccc(-c2c(F)cccc2[C@H](OCCO)C2CN(C(=O)OC(C)(C)C)CCO2)c1. The molecule has 1 heterocycles. The van der Waals surface area contributed by atoms with Crippen LogP contribution in [0.5, 0.6) is 0 Å². The van der Waals surface area contributed by atoms with Crippen LogP contribution >= 0.6 is 0 Å². The quantitative estimate of drug-likeness (QED) is 0.710. The highest BCUT2D eigenvalue weighted by atomic mass is 19.1. The Hall–Kier alpha value is -2.48. The predicted molar refractivity (Wildman–Crippen MR) is 120 cm³/mol. The highest BCUT2D eigenvalue weighted by Crippen LogP contribution is 2.36. The van der Waals surface area contributed by atoms with Crippen LogP contribution in [0.3, 0.4) is 0 Å². The zero-order valence-electron chi connectivity index (χ0n) is 19.1. The molecule has 2 aromatic carbocycles. The molecule has 0 bridgehead atoms. The van der Waals surface area contributed by atoms with E-state index in [-0.39, 0.29) is 25.6 Å². The number of amides is 1. The van der Waals surface area contributed by atoms with Crippen LogP contribution in [0, 0.1) is 12.7 Å². The summed E-state index contributed by atoms with van der Waals surface area (Å²) in [5.41, 5.74) is 2.17. The number of aryl methyl sites for hydroxylation is 1. The Morgan fingerprint density at radius 2 is 2.03 bits per heavy atom. The summed E-state index contributed by atoms with van der Waals surface area (Å²) in [6, 6.07) is 12.5. The molecule has 1 N–H and O–H groups in total. The Bertz CT molecular complexity index is 927. The van der Waals surface area contributed by atoms with Crippen molar-refractivity contribution in [1.82, 2.24) is 4.90 Å². The third-order valence-corrected chi connectivity index (χ3v) is 5.13. The summed E-state index contributed by atoms with van der Waals surface area (Å²) >= 11 is 0. The molecule has 32 heavy (non-hydrogen) atoms. The number of aliphatic hydroxyl groups excluding tert-OH is 1. The minimum atomic E-state index is -0.682. The molecule has 1 aliphatic heterocycles. The van der Waals surface area contributed by atoms with Gasteiger partial charge in [-0.05, 0) is 44.9 Å². The maximum absolute atomic E-state index is 15.1.